The van der Waals surface area contributed by atoms with E-state index in [1.165, 1.54) is 36.0 Å². The molecule has 194 valence electrons. The highest BCUT2D eigenvalue weighted by molar-refractivity contribution is 6.66. The lowest BCUT2D eigenvalue weighted by Gasteiger charge is -2.28. The molecule has 4 aromatic carbocycles. The molecule has 0 spiro atoms. The first-order chi connectivity index (χ1) is 17.6. The van der Waals surface area contributed by atoms with Crippen LogP contribution < -0.4 is 5.46 Å². The first-order valence-electron chi connectivity index (χ1n) is 14.1. The van der Waals surface area contributed by atoms with E-state index >= 15 is 0 Å². The molecule has 0 aromatic heterocycles. The summed E-state index contributed by atoms with van der Waals surface area (Å²) in [6.45, 7) is 13.7. The van der Waals surface area contributed by atoms with Gasteiger partial charge in [-0.05, 0) is 79.0 Å². The Bertz CT molecular complexity index is 1370. The molecule has 0 saturated carbocycles. The van der Waals surface area contributed by atoms with E-state index in [1.807, 2.05) is 6.07 Å². The summed E-state index contributed by atoms with van der Waals surface area (Å²) in [6.07, 6.45) is 6.91. The van der Waals surface area contributed by atoms with Crippen LogP contribution >= 0.6 is 0 Å². The first kappa shape index (κ1) is 27.4. The zero-order chi connectivity index (χ0) is 26.8. The highest BCUT2D eigenvalue weighted by Crippen LogP contribution is 2.40. The molecule has 2 N–H and O–H groups in total. The molecule has 0 aliphatic carbocycles. The third-order valence-electron chi connectivity index (χ3n) is 8.35. The molecule has 0 unspecified atom stereocenters. The summed E-state index contributed by atoms with van der Waals surface area (Å²) in [5.41, 5.74) is 5.51. The van der Waals surface area contributed by atoms with Crippen LogP contribution in [0, 0.1) is 0 Å². The van der Waals surface area contributed by atoms with Crippen molar-refractivity contribution in [2.45, 2.75) is 90.9 Å². The van der Waals surface area contributed by atoms with Crippen LogP contribution in [0.3, 0.4) is 0 Å². The van der Waals surface area contributed by atoms with E-state index in [1.54, 1.807) is 0 Å². The minimum atomic E-state index is -1.55. The van der Waals surface area contributed by atoms with Crippen molar-refractivity contribution in [3.05, 3.63) is 77.9 Å². The molecule has 0 amide bonds. The molecule has 4 rings (SSSR count). The Kier molecular flexibility index (Phi) is 8.16. The van der Waals surface area contributed by atoms with E-state index in [0.717, 1.165) is 46.4 Å². The van der Waals surface area contributed by atoms with E-state index in [-0.39, 0.29) is 10.8 Å². The zero-order valence-corrected chi connectivity index (χ0v) is 23.6. The molecular weight excluding hydrogens is 451 g/mol. The maximum absolute atomic E-state index is 10.7. The standard InChI is InChI=1S/C34H43BO2/c1-7-9-20-33(3,4)25-17-19-28-29(22-25)31(24-14-12-11-13-15-24)27-18-16-26(34(5,6)21-10-8-2)23-30(27)32(28)35(36)37/h11-19,22-23,36-37H,7-10,20-21H2,1-6H3. The lowest BCUT2D eigenvalue weighted by atomic mass is 9.70. The molecule has 0 aliphatic heterocycles. The van der Waals surface area contributed by atoms with Gasteiger partial charge in [0.05, 0.1) is 0 Å². The van der Waals surface area contributed by atoms with Crippen molar-refractivity contribution >= 4 is 34.1 Å². The van der Waals surface area contributed by atoms with Crippen LogP contribution in [0.25, 0.3) is 32.7 Å². The molecule has 0 fully saturated rings. The number of rotatable bonds is 10. The van der Waals surface area contributed by atoms with E-state index < -0.39 is 7.12 Å². The average molecular weight is 495 g/mol. The second kappa shape index (κ2) is 11.0. The molecule has 3 heteroatoms. The minimum Gasteiger partial charge on any atom is -0.423 e. The van der Waals surface area contributed by atoms with Gasteiger partial charge in [-0.1, -0.05) is 128 Å². The van der Waals surface area contributed by atoms with Gasteiger partial charge in [-0.2, -0.15) is 0 Å². The third kappa shape index (κ3) is 5.49. The van der Waals surface area contributed by atoms with Gasteiger partial charge in [0.2, 0.25) is 0 Å². The zero-order valence-electron chi connectivity index (χ0n) is 23.6. The highest BCUT2D eigenvalue weighted by atomic mass is 16.4. The fraction of sp³-hybridized carbons (Fsp3) is 0.412. The Morgan fingerprint density at radius 3 is 1.65 bits per heavy atom. The van der Waals surface area contributed by atoms with Crippen molar-refractivity contribution in [3.8, 4) is 11.1 Å². The molecule has 0 saturated heterocycles. The number of unbranched alkanes of at least 4 members (excludes halogenated alkanes) is 2. The molecular formula is C34H43BO2. The van der Waals surface area contributed by atoms with Crippen molar-refractivity contribution in [1.29, 1.82) is 0 Å². The Labute approximate surface area is 223 Å². The van der Waals surface area contributed by atoms with Gasteiger partial charge in [-0.25, -0.2) is 0 Å². The van der Waals surface area contributed by atoms with Crippen molar-refractivity contribution in [1.82, 2.24) is 0 Å². The van der Waals surface area contributed by atoms with Crippen LogP contribution in [0.5, 0.6) is 0 Å². The van der Waals surface area contributed by atoms with E-state index in [9.17, 15) is 10.0 Å². The molecule has 4 aromatic rings. The predicted molar refractivity (Wildman–Crippen MR) is 162 cm³/mol. The van der Waals surface area contributed by atoms with Crippen LogP contribution in [-0.4, -0.2) is 17.2 Å². The predicted octanol–water partition coefficient (Wildman–Crippen LogP) is 8.28. The Balaban J connectivity index is 2.08. The van der Waals surface area contributed by atoms with Crippen molar-refractivity contribution in [3.63, 3.8) is 0 Å². The summed E-state index contributed by atoms with van der Waals surface area (Å²) >= 11 is 0. The second-order valence-corrected chi connectivity index (χ2v) is 12.0. The number of hydrogen-bond acceptors (Lipinski definition) is 2. The smallest absolute Gasteiger partial charge is 0.423 e. The molecule has 0 bridgehead atoms. The lowest BCUT2D eigenvalue weighted by molar-refractivity contribution is 0.426. The summed E-state index contributed by atoms with van der Waals surface area (Å²) in [6, 6.07) is 23.8. The van der Waals surface area contributed by atoms with Crippen molar-refractivity contribution < 1.29 is 10.0 Å². The summed E-state index contributed by atoms with van der Waals surface area (Å²) in [7, 11) is -1.55. The molecule has 0 heterocycles. The largest absolute Gasteiger partial charge is 0.489 e. The molecule has 0 atom stereocenters. The minimum absolute atomic E-state index is 0.0108. The van der Waals surface area contributed by atoms with Crippen molar-refractivity contribution in [2.75, 3.05) is 0 Å². The molecule has 2 nitrogen and oxygen atoms in total. The van der Waals surface area contributed by atoms with Crippen LogP contribution in [0.15, 0.2) is 66.7 Å². The SMILES string of the molecule is CCCCC(C)(C)c1ccc2c(-c3ccccc3)c3cc(C(C)(C)CCCC)ccc3c(B(O)O)c2c1. The lowest BCUT2D eigenvalue weighted by Crippen LogP contribution is -2.32. The van der Waals surface area contributed by atoms with Crippen LogP contribution in [0.4, 0.5) is 0 Å². The van der Waals surface area contributed by atoms with Crippen LogP contribution in [0.1, 0.15) is 91.2 Å². The Hall–Kier alpha value is -2.62. The fourth-order valence-corrected chi connectivity index (χ4v) is 5.82. The van der Waals surface area contributed by atoms with E-state index in [0.29, 0.717) is 5.46 Å². The van der Waals surface area contributed by atoms with Gasteiger partial charge in [0.25, 0.3) is 0 Å². The van der Waals surface area contributed by atoms with Gasteiger partial charge in [0.1, 0.15) is 0 Å². The monoisotopic (exact) mass is 494 g/mol. The summed E-state index contributed by atoms with van der Waals surface area (Å²) in [5, 5.41) is 25.4. The van der Waals surface area contributed by atoms with Gasteiger partial charge < -0.3 is 10.0 Å². The number of fused-ring (bicyclic) bond motifs is 2. The maximum Gasteiger partial charge on any atom is 0.489 e. The second-order valence-electron chi connectivity index (χ2n) is 12.0. The fourth-order valence-electron chi connectivity index (χ4n) is 5.82. The quantitative estimate of drug-likeness (QED) is 0.172. The van der Waals surface area contributed by atoms with Crippen molar-refractivity contribution in [2.24, 2.45) is 0 Å². The topological polar surface area (TPSA) is 40.5 Å². The summed E-state index contributed by atoms with van der Waals surface area (Å²) in [4.78, 5) is 0. The number of hydrogen-bond donors (Lipinski definition) is 2. The third-order valence-corrected chi connectivity index (χ3v) is 8.35. The molecule has 37 heavy (non-hydrogen) atoms. The van der Waals surface area contributed by atoms with Crippen LogP contribution in [-0.2, 0) is 10.8 Å². The van der Waals surface area contributed by atoms with Gasteiger partial charge >= 0.3 is 7.12 Å². The normalized spacial score (nSPS) is 12.4. The Morgan fingerprint density at radius 2 is 1.14 bits per heavy atom. The summed E-state index contributed by atoms with van der Waals surface area (Å²) in [5.74, 6) is 0. The average Bonchev–Trinajstić information content (AvgIpc) is 2.88. The van der Waals surface area contributed by atoms with Crippen LogP contribution in [0.2, 0.25) is 0 Å². The highest BCUT2D eigenvalue weighted by Gasteiger charge is 2.27. The van der Waals surface area contributed by atoms with E-state index in [4.69, 9.17) is 0 Å². The van der Waals surface area contributed by atoms with Gasteiger partial charge in [0, 0.05) is 0 Å². The molecule has 0 radical (unpaired) electrons. The van der Waals surface area contributed by atoms with Gasteiger partial charge in [-0.3, -0.25) is 0 Å². The van der Waals surface area contributed by atoms with E-state index in [2.05, 4.69) is 102 Å². The summed E-state index contributed by atoms with van der Waals surface area (Å²) < 4.78 is 0. The maximum atomic E-state index is 10.7. The Morgan fingerprint density at radius 1 is 0.622 bits per heavy atom. The van der Waals surface area contributed by atoms with Gasteiger partial charge in [-0.15, -0.1) is 0 Å². The first-order valence-corrected chi connectivity index (χ1v) is 14.1. The molecule has 0 aliphatic rings. The number of benzene rings is 4. The van der Waals surface area contributed by atoms with Gasteiger partial charge in [0.15, 0.2) is 0 Å².